The Kier molecular flexibility index (Phi) is 4.25. The molecule has 0 unspecified atom stereocenters. The van der Waals surface area contributed by atoms with Crippen molar-refractivity contribution < 1.29 is 13.2 Å². The summed E-state index contributed by atoms with van der Waals surface area (Å²) in [7, 11) is 0.398. The molecule has 0 fully saturated rings. The minimum Gasteiger partial charge on any atom is -0.285 e. The van der Waals surface area contributed by atoms with Gasteiger partial charge in [0.2, 0.25) is 0 Å². The number of hydrazine groups is 1. The van der Waals surface area contributed by atoms with Crippen LogP contribution in [0.3, 0.4) is 0 Å². The highest BCUT2D eigenvalue weighted by Gasteiger charge is 2.08. The molecule has 0 aliphatic rings. The minimum absolute atomic E-state index is 0.0113. The molecule has 0 aromatic heterocycles. The SMILES string of the molecule is CN(C)NC(=O)c1ccc(CS(C)(=O)=O)cc1. The van der Waals surface area contributed by atoms with Crippen molar-refractivity contribution in [1.82, 2.24) is 10.4 Å². The van der Waals surface area contributed by atoms with Crippen molar-refractivity contribution in [3.8, 4) is 0 Å². The van der Waals surface area contributed by atoms with E-state index in [1.165, 1.54) is 6.26 Å². The van der Waals surface area contributed by atoms with Gasteiger partial charge in [0, 0.05) is 25.9 Å². The van der Waals surface area contributed by atoms with E-state index >= 15 is 0 Å². The standard InChI is InChI=1S/C11H16N2O3S/c1-13(2)12-11(14)10-6-4-9(5-7-10)8-17(3,15)16/h4-7H,8H2,1-3H3,(H,12,14). The molecule has 0 heterocycles. The first kappa shape index (κ1) is 13.7. The monoisotopic (exact) mass is 256 g/mol. The number of nitrogens with one attached hydrogen (secondary N) is 1. The molecule has 0 saturated heterocycles. The van der Waals surface area contributed by atoms with Crippen LogP contribution in [0.25, 0.3) is 0 Å². The Labute approximate surface area is 101 Å². The topological polar surface area (TPSA) is 66.5 Å². The Bertz CT molecular complexity index is 492. The Morgan fingerprint density at radius 1 is 1.24 bits per heavy atom. The number of nitrogens with zero attached hydrogens (tertiary/aromatic N) is 1. The fraction of sp³-hybridized carbons (Fsp3) is 0.364. The molecular formula is C11H16N2O3S. The van der Waals surface area contributed by atoms with Gasteiger partial charge in [0.25, 0.3) is 5.91 Å². The first-order chi connectivity index (χ1) is 7.78. The lowest BCUT2D eigenvalue weighted by Gasteiger charge is -2.11. The lowest BCUT2D eigenvalue weighted by Crippen LogP contribution is -2.36. The Morgan fingerprint density at radius 3 is 2.18 bits per heavy atom. The lowest BCUT2D eigenvalue weighted by atomic mass is 10.1. The second-order valence-corrected chi connectivity index (χ2v) is 6.24. The van der Waals surface area contributed by atoms with Gasteiger partial charge >= 0.3 is 0 Å². The number of carbonyl (C=O) groups excluding carboxylic acids is 1. The molecule has 5 nitrogen and oxygen atoms in total. The number of hydrogen-bond acceptors (Lipinski definition) is 4. The van der Waals surface area contributed by atoms with Gasteiger partial charge in [-0.25, -0.2) is 13.4 Å². The zero-order chi connectivity index (χ0) is 13.1. The number of amides is 1. The van der Waals surface area contributed by atoms with Gasteiger partial charge in [0.1, 0.15) is 0 Å². The maximum absolute atomic E-state index is 11.6. The van der Waals surface area contributed by atoms with Crippen LogP contribution in [-0.4, -0.2) is 39.7 Å². The molecule has 1 aromatic carbocycles. The van der Waals surface area contributed by atoms with Crippen LogP contribution in [0.1, 0.15) is 15.9 Å². The Morgan fingerprint density at radius 2 is 1.76 bits per heavy atom. The number of rotatable bonds is 4. The van der Waals surface area contributed by atoms with Crippen molar-refractivity contribution in [2.24, 2.45) is 0 Å². The molecule has 1 aromatic rings. The fourth-order valence-corrected chi connectivity index (χ4v) is 2.12. The molecule has 1 rings (SSSR count). The molecule has 0 aliphatic carbocycles. The minimum atomic E-state index is -3.04. The van der Waals surface area contributed by atoms with Gasteiger partial charge in [-0.15, -0.1) is 0 Å². The maximum Gasteiger partial charge on any atom is 0.265 e. The number of sulfone groups is 1. The summed E-state index contributed by atoms with van der Waals surface area (Å²) in [5, 5.41) is 1.55. The van der Waals surface area contributed by atoms with Crippen molar-refractivity contribution in [1.29, 1.82) is 0 Å². The van der Waals surface area contributed by atoms with Gasteiger partial charge in [-0.05, 0) is 17.7 Å². The van der Waals surface area contributed by atoms with Crippen LogP contribution in [0.5, 0.6) is 0 Å². The molecular weight excluding hydrogens is 240 g/mol. The van der Waals surface area contributed by atoms with E-state index in [4.69, 9.17) is 0 Å². The summed E-state index contributed by atoms with van der Waals surface area (Å²) in [5.41, 5.74) is 3.77. The van der Waals surface area contributed by atoms with E-state index in [0.717, 1.165) is 0 Å². The quantitative estimate of drug-likeness (QED) is 0.794. The Hall–Kier alpha value is -1.40. The predicted molar refractivity (Wildman–Crippen MR) is 66.1 cm³/mol. The first-order valence-corrected chi connectivity index (χ1v) is 7.09. The van der Waals surface area contributed by atoms with Crippen LogP contribution in [0.4, 0.5) is 0 Å². The van der Waals surface area contributed by atoms with Crippen LogP contribution < -0.4 is 5.43 Å². The Balaban J connectivity index is 2.78. The third-order valence-electron chi connectivity index (χ3n) is 1.97. The second kappa shape index (κ2) is 5.29. The summed E-state index contributed by atoms with van der Waals surface area (Å²) in [6, 6.07) is 6.51. The second-order valence-electron chi connectivity index (χ2n) is 4.10. The van der Waals surface area contributed by atoms with Crippen molar-refractivity contribution in [2.75, 3.05) is 20.4 Å². The van der Waals surface area contributed by atoms with Crippen molar-refractivity contribution in [2.45, 2.75) is 5.75 Å². The van der Waals surface area contributed by atoms with Crippen molar-refractivity contribution in [3.63, 3.8) is 0 Å². The molecule has 0 aliphatic heterocycles. The van der Waals surface area contributed by atoms with Crippen LogP contribution >= 0.6 is 0 Å². The summed E-state index contributed by atoms with van der Waals surface area (Å²) >= 11 is 0. The lowest BCUT2D eigenvalue weighted by molar-refractivity contribution is 0.0857. The number of hydrogen-bond donors (Lipinski definition) is 1. The zero-order valence-electron chi connectivity index (χ0n) is 10.1. The number of carbonyl (C=O) groups is 1. The van der Waals surface area contributed by atoms with E-state index in [2.05, 4.69) is 5.43 Å². The molecule has 17 heavy (non-hydrogen) atoms. The zero-order valence-corrected chi connectivity index (χ0v) is 10.9. The summed E-state index contributed by atoms with van der Waals surface area (Å²) < 4.78 is 22.2. The average molecular weight is 256 g/mol. The normalized spacial score (nSPS) is 11.5. The van der Waals surface area contributed by atoms with Gasteiger partial charge in [-0.3, -0.25) is 10.2 Å². The summed E-state index contributed by atoms with van der Waals surface area (Å²) in [4.78, 5) is 11.6. The first-order valence-electron chi connectivity index (χ1n) is 5.03. The molecule has 6 heteroatoms. The average Bonchev–Trinajstić information content (AvgIpc) is 2.15. The van der Waals surface area contributed by atoms with E-state index in [-0.39, 0.29) is 11.7 Å². The van der Waals surface area contributed by atoms with Crippen molar-refractivity contribution in [3.05, 3.63) is 35.4 Å². The molecule has 0 bridgehead atoms. The maximum atomic E-state index is 11.6. The molecule has 1 amide bonds. The molecule has 94 valence electrons. The predicted octanol–water partition coefficient (Wildman–Crippen LogP) is 0.438. The third-order valence-corrected chi connectivity index (χ3v) is 2.83. The van der Waals surface area contributed by atoms with Gasteiger partial charge in [0.15, 0.2) is 9.84 Å². The van der Waals surface area contributed by atoms with Crippen LogP contribution in [0.15, 0.2) is 24.3 Å². The molecule has 0 spiro atoms. The molecule has 0 radical (unpaired) electrons. The summed E-state index contributed by atoms with van der Waals surface area (Å²) in [6.45, 7) is 0. The third kappa shape index (κ3) is 4.97. The highest BCUT2D eigenvalue weighted by molar-refractivity contribution is 7.89. The molecule has 1 N–H and O–H groups in total. The fourth-order valence-electron chi connectivity index (χ4n) is 1.32. The summed E-state index contributed by atoms with van der Waals surface area (Å²) in [5.74, 6) is -0.233. The van der Waals surface area contributed by atoms with Crippen molar-refractivity contribution >= 4 is 15.7 Å². The van der Waals surface area contributed by atoms with E-state index < -0.39 is 9.84 Å². The van der Waals surface area contributed by atoms with E-state index in [0.29, 0.717) is 11.1 Å². The molecule has 0 saturated carbocycles. The van der Waals surface area contributed by atoms with E-state index in [1.54, 1.807) is 43.4 Å². The van der Waals surface area contributed by atoms with Crippen LogP contribution in [0, 0.1) is 0 Å². The van der Waals surface area contributed by atoms with Gasteiger partial charge in [-0.1, -0.05) is 12.1 Å². The van der Waals surface area contributed by atoms with Crippen LogP contribution in [0.2, 0.25) is 0 Å². The highest BCUT2D eigenvalue weighted by Crippen LogP contribution is 2.07. The van der Waals surface area contributed by atoms with Gasteiger partial charge < -0.3 is 0 Å². The summed E-state index contributed by atoms with van der Waals surface area (Å²) in [6.07, 6.45) is 1.18. The largest absolute Gasteiger partial charge is 0.285 e. The molecule has 0 atom stereocenters. The number of benzene rings is 1. The van der Waals surface area contributed by atoms with E-state index in [9.17, 15) is 13.2 Å². The van der Waals surface area contributed by atoms with Crippen LogP contribution in [-0.2, 0) is 15.6 Å². The van der Waals surface area contributed by atoms with E-state index in [1.807, 2.05) is 0 Å². The van der Waals surface area contributed by atoms with Gasteiger partial charge in [0.05, 0.1) is 5.75 Å². The smallest absolute Gasteiger partial charge is 0.265 e. The van der Waals surface area contributed by atoms with Gasteiger partial charge in [-0.2, -0.15) is 0 Å². The highest BCUT2D eigenvalue weighted by atomic mass is 32.2.